The maximum Gasteiger partial charge on any atom is 0.290 e. The summed E-state index contributed by atoms with van der Waals surface area (Å²) in [4.78, 5) is 8.36. The van der Waals surface area contributed by atoms with Gasteiger partial charge >= 0.3 is 0 Å². The van der Waals surface area contributed by atoms with E-state index in [4.69, 9.17) is 14.6 Å². The van der Waals surface area contributed by atoms with Gasteiger partial charge in [-0.25, -0.2) is 4.39 Å². The molecule has 3 nitrogen and oxygen atoms in total. The van der Waals surface area contributed by atoms with Gasteiger partial charge in [0.2, 0.25) is 0 Å². The second-order valence-corrected chi connectivity index (χ2v) is 4.33. The number of carboxylic acid groups (broad SMARTS) is 1. The van der Waals surface area contributed by atoms with Gasteiger partial charge < -0.3 is 9.84 Å². The van der Waals surface area contributed by atoms with Crippen LogP contribution < -0.4 is 4.74 Å². The first-order valence-electron chi connectivity index (χ1n) is 6.14. The zero-order chi connectivity index (χ0) is 13.4. The van der Waals surface area contributed by atoms with E-state index < -0.39 is 0 Å². The average molecular weight is 254 g/mol. The molecule has 100 valence electrons. The van der Waals surface area contributed by atoms with E-state index in [-0.39, 0.29) is 12.3 Å². The lowest BCUT2D eigenvalue weighted by Gasteiger charge is -2.22. The Morgan fingerprint density at radius 1 is 1.33 bits per heavy atom. The second kappa shape index (κ2) is 7.69. The third-order valence-corrected chi connectivity index (χ3v) is 3.25. The lowest BCUT2D eigenvalue weighted by molar-refractivity contribution is -0.122. The third kappa shape index (κ3) is 4.02. The summed E-state index contributed by atoms with van der Waals surface area (Å²) in [6.45, 7) is -0.250. The van der Waals surface area contributed by atoms with Gasteiger partial charge in [0.05, 0.1) is 7.11 Å². The van der Waals surface area contributed by atoms with Crippen LogP contribution in [0.1, 0.15) is 43.6 Å². The molecule has 2 rings (SSSR count). The Kier molecular flexibility index (Phi) is 6.19. The number of rotatable bonds is 2. The van der Waals surface area contributed by atoms with Crippen molar-refractivity contribution in [3.63, 3.8) is 0 Å². The summed E-state index contributed by atoms with van der Waals surface area (Å²) in [6, 6.07) is 5.05. The molecule has 1 saturated carbocycles. The molecule has 1 N–H and O–H groups in total. The molecule has 0 atom stereocenters. The summed E-state index contributed by atoms with van der Waals surface area (Å²) in [5.41, 5.74) is 0.842. The van der Waals surface area contributed by atoms with Gasteiger partial charge in [-0.1, -0.05) is 19.3 Å². The lowest BCUT2D eigenvalue weighted by atomic mass is 9.84. The number of halogens is 1. The lowest BCUT2D eigenvalue weighted by Crippen LogP contribution is -2.06. The topological polar surface area (TPSA) is 46.5 Å². The molecular formula is C14H19FO3. The number of benzene rings is 1. The average Bonchev–Trinajstić information content (AvgIpc) is 2.41. The highest BCUT2D eigenvalue weighted by atomic mass is 19.1. The molecule has 1 aliphatic carbocycles. The van der Waals surface area contributed by atoms with E-state index in [1.54, 1.807) is 13.2 Å². The van der Waals surface area contributed by atoms with Gasteiger partial charge in [-0.05, 0) is 42.5 Å². The first kappa shape index (κ1) is 14.5. The van der Waals surface area contributed by atoms with Crippen molar-refractivity contribution in [2.45, 2.75) is 38.0 Å². The minimum Gasteiger partial charge on any atom is -0.497 e. The van der Waals surface area contributed by atoms with Crippen LogP contribution in [0, 0.1) is 5.82 Å². The fourth-order valence-electron chi connectivity index (χ4n) is 2.38. The summed E-state index contributed by atoms with van der Waals surface area (Å²) in [7, 11) is 1.62. The molecule has 1 aromatic rings. The van der Waals surface area contributed by atoms with Crippen molar-refractivity contribution in [3.05, 3.63) is 29.6 Å². The molecule has 0 amide bonds. The first-order valence-corrected chi connectivity index (χ1v) is 6.14. The van der Waals surface area contributed by atoms with E-state index in [2.05, 4.69) is 0 Å². The Labute approximate surface area is 107 Å². The molecule has 18 heavy (non-hydrogen) atoms. The van der Waals surface area contributed by atoms with Gasteiger partial charge in [0.1, 0.15) is 11.6 Å². The molecular weight excluding hydrogens is 235 g/mol. The number of methoxy groups -OCH3 is 1. The molecule has 1 aliphatic rings. The summed E-state index contributed by atoms with van der Waals surface area (Å²) >= 11 is 0. The first-order chi connectivity index (χ1) is 8.72. The van der Waals surface area contributed by atoms with Crippen LogP contribution in [0.25, 0.3) is 0 Å². The van der Waals surface area contributed by atoms with Crippen molar-refractivity contribution in [1.82, 2.24) is 0 Å². The number of hydrogen-bond acceptors (Lipinski definition) is 2. The highest BCUT2D eigenvalue weighted by Gasteiger charge is 2.19. The van der Waals surface area contributed by atoms with Gasteiger partial charge in [0.25, 0.3) is 6.47 Å². The Balaban J connectivity index is 0.000000492. The van der Waals surface area contributed by atoms with Crippen molar-refractivity contribution in [1.29, 1.82) is 0 Å². The molecule has 0 spiro atoms. The van der Waals surface area contributed by atoms with Gasteiger partial charge in [0.15, 0.2) is 0 Å². The number of carbonyl (C=O) groups is 1. The normalized spacial score (nSPS) is 15.4. The molecule has 1 aromatic carbocycles. The van der Waals surface area contributed by atoms with Gasteiger partial charge in [0, 0.05) is 0 Å². The minimum absolute atomic E-state index is 0.0808. The van der Waals surface area contributed by atoms with E-state index in [1.165, 1.54) is 25.3 Å². The molecule has 0 aliphatic heterocycles. The summed E-state index contributed by atoms with van der Waals surface area (Å²) in [5.74, 6) is 1.08. The largest absolute Gasteiger partial charge is 0.497 e. The van der Waals surface area contributed by atoms with Crippen LogP contribution in [0.3, 0.4) is 0 Å². The zero-order valence-corrected chi connectivity index (χ0v) is 10.6. The number of hydrogen-bond donors (Lipinski definition) is 1. The maximum atomic E-state index is 13.6. The Hall–Kier alpha value is -1.58. The van der Waals surface area contributed by atoms with Crippen molar-refractivity contribution < 1.29 is 19.0 Å². The van der Waals surface area contributed by atoms with Crippen LogP contribution >= 0.6 is 0 Å². The van der Waals surface area contributed by atoms with E-state index >= 15 is 0 Å². The van der Waals surface area contributed by atoms with Gasteiger partial charge in [-0.2, -0.15) is 0 Å². The number of ether oxygens (including phenoxy) is 1. The van der Waals surface area contributed by atoms with Crippen LogP contribution in [-0.2, 0) is 4.79 Å². The molecule has 1 fully saturated rings. The molecule has 0 aromatic heterocycles. The second-order valence-electron chi connectivity index (χ2n) is 4.33. The van der Waals surface area contributed by atoms with Crippen LogP contribution in [0.2, 0.25) is 0 Å². The van der Waals surface area contributed by atoms with Gasteiger partial charge in [-0.15, -0.1) is 0 Å². The summed E-state index contributed by atoms with van der Waals surface area (Å²) in [5, 5.41) is 6.89. The fraction of sp³-hybridized carbons (Fsp3) is 0.500. The minimum atomic E-state index is -0.250. The Morgan fingerprint density at radius 2 is 1.94 bits per heavy atom. The standard InChI is InChI=1S/C13H17FO.CH2O2/c1-15-11-7-8-13(14)12(9-11)10-5-3-2-4-6-10;2-1-3/h7-10H,2-6H2,1H3;1H,(H,2,3). The van der Waals surface area contributed by atoms with Crippen molar-refractivity contribution >= 4 is 6.47 Å². The van der Waals surface area contributed by atoms with Crippen LogP contribution in [0.4, 0.5) is 4.39 Å². The monoisotopic (exact) mass is 254 g/mol. The van der Waals surface area contributed by atoms with E-state index in [9.17, 15) is 4.39 Å². The van der Waals surface area contributed by atoms with Crippen LogP contribution in [0.15, 0.2) is 18.2 Å². The molecule has 0 unspecified atom stereocenters. The van der Waals surface area contributed by atoms with Crippen molar-refractivity contribution in [2.24, 2.45) is 0 Å². The summed E-state index contributed by atoms with van der Waals surface area (Å²) in [6.07, 6.45) is 5.97. The molecule has 0 radical (unpaired) electrons. The summed E-state index contributed by atoms with van der Waals surface area (Å²) < 4.78 is 18.8. The van der Waals surface area contributed by atoms with E-state index in [1.807, 2.05) is 6.07 Å². The SMILES string of the molecule is COc1ccc(F)c(C2CCCCC2)c1.O=CO. The van der Waals surface area contributed by atoms with Gasteiger partial charge in [-0.3, -0.25) is 4.79 Å². The Bertz CT molecular complexity index is 373. The maximum absolute atomic E-state index is 13.6. The van der Waals surface area contributed by atoms with E-state index in [0.29, 0.717) is 5.92 Å². The smallest absolute Gasteiger partial charge is 0.290 e. The molecule has 4 heteroatoms. The predicted molar refractivity (Wildman–Crippen MR) is 67.5 cm³/mol. The predicted octanol–water partition coefficient (Wildman–Crippen LogP) is 3.58. The van der Waals surface area contributed by atoms with Crippen molar-refractivity contribution in [3.8, 4) is 5.75 Å². The Morgan fingerprint density at radius 3 is 2.50 bits per heavy atom. The highest BCUT2D eigenvalue weighted by molar-refractivity contribution is 5.33. The van der Waals surface area contributed by atoms with E-state index in [0.717, 1.165) is 24.2 Å². The van der Waals surface area contributed by atoms with Crippen LogP contribution in [0.5, 0.6) is 5.75 Å². The molecule has 0 bridgehead atoms. The van der Waals surface area contributed by atoms with Crippen molar-refractivity contribution in [2.75, 3.05) is 7.11 Å². The third-order valence-electron chi connectivity index (χ3n) is 3.25. The molecule has 0 heterocycles. The fourth-order valence-corrected chi connectivity index (χ4v) is 2.38. The van der Waals surface area contributed by atoms with Crippen LogP contribution in [-0.4, -0.2) is 18.7 Å². The quantitative estimate of drug-likeness (QED) is 0.820. The zero-order valence-electron chi connectivity index (χ0n) is 10.6. The molecule has 0 saturated heterocycles. The highest BCUT2D eigenvalue weighted by Crippen LogP contribution is 2.35.